The number of aliphatic imine (C=N–C) groups is 1. The molecule has 4 heterocycles. The lowest BCUT2D eigenvalue weighted by molar-refractivity contribution is -0.137. The Morgan fingerprint density at radius 2 is 1.70 bits per heavy atom. The van der Waals surface area contributed by atoms with Gasteiger partial charge < -0.3 is 21.3 Å². The van der Waals surface area contributed by atoms with Crippen LogP contribution in [0, 0.1) is 20.8 Å². The Bertz CT molecular complexity index is 2080. The van der Waals surface area contributed by atoms with Crippen molar-refractivity contribution < 1.29 is 19.2 Å². The van der Waals surface area contributed by atoms with Crippen molar-refractivity contribution in [1.82, 2.24) is 36.0 Å². The summed E-state index contributed by atoms with van der Waals surface area (Å²) < 4.78 is 2.06. The zero-order chi connectivity index (χ0) is 39.6. The number of aromatic nitrogens is 3. The van der Waals surface area contributed by atoms with Gasteiger partial charge in [-0.2, -0.15) is 0 Å². The second-order valence-electron chi connectivity index (χ2n) is 14.4. The number of unbranched alkanes of at least 4 members (excludes halogenated alkanes) is 4. The first-order chi connectivity index (χ1) is 27.1. The van der Waals surface area contributed by atoms with E-state index in [1.807, 2.05) is 55.5 Å². The van der Waals surface area contributed by atoms with Crippen LogP contribution in [0.1, 0.15) is 96.2 Å². The summed E-state index contributed by atoms with van der Waals surface area (Å²) in [7, 11) is 0. The lowest BCUT2D eigenvalue weighted by Crippen LogP contribution is -2.52. The second-order valence-corrected chi connectivity index (χ2v) is 16.0. The number of rotatable bonds is 18. The first kappa shape index (κ1) is 40.7. The Labute approximate surface area is 336 Å². The van der Waals surface area contributed by atoms with Crippen LogP contribution in [0.5, 0.6) is 0 Å². The van der Waals surface area contributed by atoms with E-state index < -0.39 is 18.0 Å². The van der Waals surface area contributed by atoms with Crippen molar-refractivity contribution in [2.24, 2.45) is 4.99 Å². The van der Waals surface area contributed by atoms with E-state index in [4.69, 9.17) is 16.6 Å². The predicted molar refractivity (Wildman–Crippen MR) is 220 cm³/mol. The minimum atomic E-state index is -0.671. The Morgan fingerprint density at radius 3 is 2.48 bits per heavy atom. The van der Waals surface area contributed by atoms with E-state index in [1.165, 1.54) is 4.88 Å². The highest BCUT2D eigenvalue weighted by molar-refractivity contribution is 7.15. The number of fused-ring (bicyclic) bond motifs is 3. The van der Waals surface area contributed by atoms with E-state index in [-0.39, 0.29) is 37.0 Å². The Hall–Kier alpha value is -4.92. The third-order valence-corrected chi connectivity index (χ3v) is 11.5. The largest absolute Gasteiger partial charge is 0.384 e. The smallest absolute Gasteiger partial charge is 0.249 e. The maximum absolute atomic E-state index is 13.3. The second kappa shape index (κ2) is 19.3. The monoisotopic (exact) mass is 799 g/mol. The molecule has 5 N–H and O–H groups in total. The zero-order valence-corrected chi connectivity index (χ0v) is 33.7. The predicted octanol–water partition coefficient (Wildman–Crippen LogP) is 5.42. The molecule has 2 aliphatic rings. The minimum absolute atomic E-state index is 0.0561. The third kappa shape index (κ3) is 10.5. The molecule has 15 heteroatoms. The number of halogens is 1. The molecule has 4 amide bonds. The molecule has 2 aromatic carbocycles. The fourth-order valence-electron chi connectivity index (χ4n) is 6.99. The standard InChI is InChI=1S/C41H50ClN9O4S/c1-25-26(2)56-41-37(25)38(29-12-14-30(42)15-13-29)47-33(39-50-49-27(3)51(39)41)24-35(53)45-19-8-6-4-5-7-18-43-20-21-44-31-11-9-10-28(22-31)23-36(54)46-32-16-17-34(52)48-40(32)55/h9-15,22,32-33,43-44H,4-8,16-21,23-24H2,1-3H3,(H,45,53)(H,46,54)(H,48,52,55)/t32?,33-/m0/s1. The molecule has 0 radical (unpaired) electrons. The fraction of sp³-hybridized carbons (Fsp3) is 0.439. The average Bonchev–Trinajstić information content (AvgIpc) is 3.65. The van der Waals surface area contributed by atoms with Crippen molar-refractivity contribution >= 4 is 58.0 Å². The number of aryl methyl sites for hydroxylation is 2. The number of benzene rings is 2. The van der Waals surface area contributed by atoms with E-state index in [0.29, 0.717) is 23.8 Å². The van der Waals surface area contributed by atoms with E-state index in [1.54, 1.807) is 11.3 Å². The molecular formula is C41H50ClN9O4S. The van der Waals surface area contributed by atoms with Gasteiger partial charge in [0.15, 0.2) is 5.82 Å². The topological polar surface area (TPSA) is 172 Å². The summed E-state index contributed by atoms with van der Waals surface area (Å²) in [6.45, 7) is 9.26. The quantitative estimate of drug-likeness (QED) is 0.0656. The number of hydrogen-bond acceptors (Lipinski definition) is 10. The average molecular weight is 800 g/mol. The number of piperidine rings is 1. The normalized spacial score (nSPS) is 16.3. The highest BCUT2D eigenvalue weighted by Crippen LogP contribution is 2.39. The maximum Gasteiger partial charge on any atom is 0.249 e. The van der Waals surface area contributed by atoms with Crippen molar-refractivity contribution in [2.75, 3.05) is 31.5 Å². The minimum Gasteiger partial charge on any atom is -0.384 e. The Kier molecular flexibility index (Phi) is 14.0. The summed E-state index contributed by atoms with van der Waals surface area (Å²) in [4.78, 5) is 55.4. The summed E-state index contributed by atoms with van der Waals surface area (Å²) >= 11 is 7.92. The third-order valence-electron chi connectivity index (χ3n) is 10.1. The van der Waals surface area contributed by atoms with Crippen LogP contribution in [0.3, 0.4) is 0 Å². The van der Waals surface area contributed by atoms with Gasteiger partial charge in [0.2, 0.25) is 23.6 Å². The van der Waals surface area contributed by atoms with Crippen LogP contribution < -0.4 is 26.6 Å². The number of imide groups is 1. The molecule has 2 atom stereocenters. The molecule has 4 aromatic rings. The molecular weight excluding hydrogens is 750 g/mol. The van der Waals surface area contributed by atoms with Gasteiger partial charge in [-0.05, 0) is 82.0 Å². The first-order valence-electron chi connectivity index (χ1n) is 19.4. The molecule has 0 bridgehead atoms. The van der Waals surface area contributed by atoms with Crippen molar-refractivity contribution in [3.63, 3.8) is 0 Å². The van der Waals surface area contributed by atoms with Crippen molar-refractivity contribution in [3.05, 3.63) is 92.3 Å². The molecule has 13 nitrogen and oxygen atoms in total. The molecule has 1 fully saturated rings. The van der Waals surface area contributed by atoms with Gasteiger partial charge in [-0.1, -0.05) is 55.1 Å². The molecule has 0 saturated carbocycles. The van der Waals surface area contributed by atoms with Crippen molar-refractivity contribution in [3.8, 4) is 5.00 Å². The van der Waals surface area contributed by atoms with Crippen molar-refractivity contribution in [1.29, 1.82) is 0 Å². The lowest BCUT2D eigenvalue weighted by Gasteiger charge is -2.21. The SMILES string of the molecule is Cc1sc2c(c1C)C(c1ccc(Cl)cc1)=N[C@@H](CC(=O)NCCCCCCCNCCNc1cccc(CC(=O)NC3CCC(=O)NC3=O)c1)c1nnc(C)n1-2. The summed E-state index contributed by atoms with van der Waals surface area (Å²) in [6, 6.07) is 14.2. The summed E-state index contributed by atoms with van der Waals surface area (Å²) in [5, 5.41) is 25.5. The van der Waals surface area contributed by atoms with Crippen LogP contribution in [0.4, 0.5) is 5.69 Å². The van der Waals surface area contributed by atoms with Crippen LogP contribution in [-0.2, 0) is 25.6 Å². The van der Waals surface area contributed by atoms with E-state index in [9.17, 15) is 19.2 Å². The molecule has 296 valence electrons. The van der Waals surface area contributed by atoms with Crippen LogP contribution >= 0.6 is 22.9 Å². The number of nitrogens with one attached hydrogen (secondary N) is 5. The molecule has 1 unspecified atom stereocenters. The van der Waals surface area contributed by atoms with Gasteiger partial charge in [-0.3, -0.25) is 34.1 Å². The van der Waals surface area contributed by atoms with Gasteiger partial charge in [0, 0.05) is 52.8 Å². The van der Waals surface area contributed by atoms with Gasteiger partial charge in [-0.15, -0.1) is 21.5 Å². The molecule has 2 aliphatic heterocycles. The van der Waals surface area contributed by atoms with Gasteiger partial charge in [0.25, 0.3) is 0 Å². The van der Waals surface area contributed by atoms with Gasteiger partial charge in [-0.25, -0.2) is 0 Å². The number of anilines is 1. The van der Waals surface area contributed by atoms with Crippen LogP contribution in [0.2, 0.25) is 5.02 Å². The van der Waals surface area contributed by atoms with Crippen LogP contribution in [0.15, 0.2) is 53.5 Å². The number of amides is 4. The molecule has 56 heavy (non-hydrogen) atoms. The number of carbonyl (C=O) groups is 4. The zero-order valence-electron chi connectivity index (χ0n) is 32.2. The number of carbonyl (C=O) groups excluding carboxylic acids is 4. The maximum atomic E-state index is 13.3. The molecule has 2 aromatic heterocycles. The van der Waals surface area contributed by atoms with Crippen LogP contribution in [-0.4, -0.2) is 76.3 Å². The summed E-state index contributed by atoms with van der Waals surface area (Å²) in [5.41, 5.74) is 5.76. The molecule has 6 rings (SSSR count). The Balaban J connectivity index is 0.864. The molecule has 0 spiro atoms. The Morgan fingerprint density at radius 1 is 0.929 bits per heavy atom. The molecule has 0 aliphatic carbocycles. The lowest BCUT2D eigenvalue weighted by atomic mass is 9.99. The first-order valence-corrected chi connectivity index (χ1v) is 20.6. The number of hydrogen-bond donors (Lipinski definition) is 5. The summed E-state index contributed by atoms with van der Waals surface area (Å²) in [6.07, 6.45) is 6.11. The van der Waals surface area contributed by atoms with Crippen LogP contribution in [0.25, 0.3) is 5.00 Å². The fourth-order valence-corrected chi connectivity index (χ4v) is 8.33. The summed E-state index contributed by atoms with van der Waals surface area (Å²) in [5.74, 6) is 0.376. The molecule has 1 saturated heterocycles. The van der Waals surface area contributed by atoms with E-state index in [2.05, 4.69) is 55.2 Å². The van der Waals surface area contributed by atoms with Gasteiger partial charge >= 0.3 is 0 Å². The van der Waals surface area contributed by atoms with Gasteiger partial charge in [0.1, 0.15) is 22.9 Å². The van der Waals surface area contributed by atoms with E-state index in [0.717, 1.165) is 96.2 Å². The highest BCUT2D eigenvalue weighted by atomic mass is 35.5. The van der Waals surface area contributed by atoms with E-state index >= 15 is 0 Å². The van der Waals surface area contributed by atoms with Gasteiger partial charge in [0.05, 0.1) is 18.6 Å². The highest BCUT2D eigenvalue weighted by Gasteiger charge is 2.32. The number of thiophene rings is 1. The number of nitrogens with zero attached hydrogens (tertiary/aromatic N) is 4. The van der Waals surface area contributed by atoms with Crippen molar-refractivity contribution in [2.45, 2.75) is 90.6 Å².